The second kappa shape index (κ2) is 7.63. The Balaban J connectivity index is 1.75. The third kappa shape index (κ3) is 4.20. The fourth-order valence-corrected chi connectivity index (χ4v) is 2.99. The number of rotatable bonds is 8. The van der Waals surface area contributed by atoms with Crippen LogP contribution in [-0.2, 0) is 12.8 Å². The Bertz CT molecular complexity index is 413. The molecule has 0 saturated carbocycles. The van der Waals surface area contributed by atoms with Gasteiger partial charge in [0.15, 0.2) is 0 Å². The number of hydrogen-bond acceptors (Lipinski definition) is 3. The maximum atomic E-state index is 4.75. The lowest BCUT2D eigenvalue weighted by Crippen LogP contribution is -2.25. The Labute approximate surface area is 123 Å². The number of fused-ring (bicyclic) bond motifs is 1. The first-order chi connectivity index (χ1) is 9.72. The quantitative estimate of drug-likeness (QED) is 0.787. The minimum atomic E-state index is 0.498. The number of anilines is 1. The molecule has 3 heteroatoms. The van der Waals surface area contributed by atoms with Gasteiger partial charge in [0, 0.05) is 11.7 Å². The molecule has 0 fully saturated rings. The number of aromatic nitrogens is 1. The average molecular weight is 275 g/mol. The Morgan fingerprint density at radius 3 is 2.80 bits per heavy atom. The van der Waals surface area contributed by atoms with Crippen LogP contribution in [0.1, 0.15) is 51.3 Å². The second-order valence-corrected chi connectivity index (χ2v) is 5.87. The molecule has 2 rings (SSSR count). The molecule has 0 aliphatic heterocycles. The van der Waals surface area contributed by atoms with Gasteiger partial charge in [0.2, 0.25) is 0 Å². The molecule has 1 aromatic rings. The van der Waals surface area contributed by atoms with Gasteiger partial charge in [0.1, 0.15) is 5.82 Å². The normalized spacial score (nSPS) is 15.4. The zero-order valence-electron chi connectivity index (χ0n) is 13.3. The molecule has 0 saturated heterocycles. The van der Waals surface area contributed by atoms with Crippen LogP contribution in [0.25, 0.3) is 0 Å². The van der Waals surface area contributed by atoms with E-state index in [0.717, 1.165) is 25.3 Å². The molecule has 1 unspecified atom stereocenters. The fraction of sp³-hybridized carbons (Fsp3) is 0.706. The van der Waals surface area contributed by atoms with Gasteiger partial charge in [-0.2, -0.15) is 0 Å². The van der Waals surface area contributed by atoms with Crippen LogP contribution in [0.2, 0.25) is 0 Å². The Morgan fingerprint density at radius 1 is 1.25 bits per heavy atom. The summed E-state index contributed by atoms with van der Waals surface area (Å²) < 4.78 is 0. The molecule has 0 radical (unpaired) electrons. The van der Waals surface area contributed by atoms with Gasteiger partial charge in [-0.3, -0.25) is 0 Å². The molecule has 1 N–H and O–H groups in total. The summed E-state index contributed by atoms with van der Waals surface area (Å²) in [6.07, 6.45) is 6.09. The largest absolute Gasteiger partial charge is 0.368 e. The van der Waals surface area contributed by atoms with Crippen molar-refractivity contribution in [1.29, 1.82) is 0 Å². The van der Waals surface area contributed by atoms with Crippen molar-refractivity contribution in [3.8, 4) is 0 Å². The van der Waals surface area contributed by atoms with Gasteiger partial charge in [-0.15, -0.1) is 0 Å². The standard InChI is InChI=1S/C17H29N3/c1-4-20(5-2)13-7-8-14(3)18-17-12-11-15-9-6-10-16(15)19-17/h11-12,14H,4-10,13H2,1-3H3,(H,18,19). The van der Waals surface area contributed by atoms with Crippen LogP contribution in [0.4, 0.5) is 5.82 Å². The minimum Gasteiger partial charge on any atom is -0.368 e. The smallest absolute Gasteiger partial charge is 0.126 e. The Hall–Kier alpha value is -1.09. The average Bonchev–Trinajstić information content (AvgIpc) is 2.91. The summed E-state index contributed by atoms with van der Waals surface area (Å²) in [7, 11) is 0. The first-order valence-corrected chi connectivity index (χ1v) is 8.20. The topological polar surface area (TPSA) is 28.2 Å². The molecule has 0 spiro atoms. The maximum Gasteiger partial charge on any atom is 0.126 e. The van der Waals surface area contributed by atoms with Crippen LogP contribution in [0, 0.1) is 0 Å². The maximum absolute atomic E-state index is 4.75. The predicted octanol–water partition coefficient (Wildman–Crippen LogP) is 3.49. The van der Waals surface area contributed by atoms with Crippen LogP contribution in [0.15, 0.2) is 12.1 Å². The fourth-order valence-electron chi connectivity index (χ4n) is 2.99. The molecule has 1 aliphatic rings. The van der Waals surface area contributed by atoms with Crippen molar-refractivity contribution in [3.63, 3.8) is 0 Å². The van der Waals surface area contributed by atoms with E-state index < -0.39 is 0 Å². The summed E-state index contributed by atoms with van der Waals surface area (Å²) in [6, 6.07) is 4.89. The lowest BCUT2D eigenvalue weighted by atomic mass is 10.1. The zero-order chi connectivity index (χ0) is 14.4. The van der Waals surface area contributed by atoms with Crippen molar-refractivity contribution in [2.45, 2.75) is 58.9 Å². The van der Waals surface area contributed by atoms with Gasteiger partial charge in [-0.1, -0.05) is 19.9 Å². The molecule has 3 nitrogen and oxygen atoms in total. The highest BCUT2D eigenvalue weighted by Crippen LogP contribution is 2.22. The molecule has 112 valence electrons. The summed E-state index contributed by atoms with van der Waals surface area (Å²) in [5, 5.41) is 3.55. The molecule has 1 aromatic heterocycles. The molecule has 0 aromatic carbocycles. The van der Waals surface area contributed by atoms with E-state index in [1.165, 1.54) is 43.5 Å². The van der Waals surface area contributed by atoms with Gasteiger partial charge < -0.3 is 10.2 Å². The van der Waals surface area contributed by atoms with Gasteiger partial charge in [-0.25, -0.2) is 4.98 Å². The summed E-state index contributed by atoms with van der Waals surface area (Å²) >= 11 is 0. The Morgan fingerprint density at radius 2 is 2.05 bits per heavy atom. The van der Waals surface area contributed by atoms with Gasteiger partial charge in [0.25, 0.3) is 0 Å². The van der Waals surface area contributed by atoms with Crippen LogP contribution in [0.3, 0.4) is 0 Å². The van der Waals surface area contributed by atoms with Crippen molar-refractivity contribution in [1.82, 2.24) is 9.88 Å². The van der Waals surface area contributed by atoms with Gasteiger partial charge >= 0.3 is 0 Å². The lowest BCUT2D eigenvalue weighted by Gasteiger charge is -2.20. The van der Waals surface area contributed by atoms with Crippen LogP contribution >= 0.6 is 0 Å². The first-order valence-electron chi connectivity index (χ1n) is 8.20. The first kappa shape index (κ1) is 15.3. The molecule has 1 heterocycles. The third-order valence-corrected chi connectivity index (χ3v) is 4.33. The van der Waals surface area contributed by atoms with Crippen molar-refractivity contribution in [3.05, 3.63) is 23.4 Å². The third-order valence-electron chi connectivity index (χ3n) is 4.33. The summed E-state index contributed by atoms with van der Waals surface area (Å²) in [6.45, 7) is 10.3. The monoisotopic (exact) mass is 275 g/mol. The highest BCUT2D eigenvalue weighted by Gasteiger charge is 2.13. The summed E-state index contributed by atoms with van der Waals surface area (Å²) in [5.74, 6) is 1.06. The summed E-state index contributed by atoms with van der Waals surface area (Å²) in [4.78, 5) is 7.23. The number of nitrogens with one attached hydrogen (secondary N) is 1. The van der Waals surface area contributed by atoms with Gasteiger partial charge in [0.05, 0.1) is 0 Å². The van der Waals surface area contributed by atoms with E-state index in [9.17, 15) is 0 Å². The number of aryl methyl sites for hydroxylation is 2. The number of pyridine rings is 1. The number of hydrogen-bond donors (Lipinski definition) is 1. The molecular formula is C17H29N3. The minimum absolute atomic E-state index is 0.498. The van der Waals surface area contributed by atoms with Crippen LogP contribution in [0.5, 0.6) is 0 Å². The lowest BCUT2D eigenvalue weighted by molar-refractivity contribution is 0.295. The predicted molar refractivity (Wildman–Crippen MR) is 86.4 cm³/mol. The molecule has 1 atom stereocenters. The molecule has 0 amide bonds. The van der Waals surface area contributed by atoms with Crippen LogP contribution < -0.4 is 5.32 Å². The van der Waals surface area contributed by atoms with Crippen molar-refractivity contribution in [2.24, 2.45) is 0 Å². The SMILES string of the molecule is CCN(CC)CCCC(C)Nc1ccc2c(n1)CCC2. The van der Waals surface area contributed by atoms with E-state index in [-0.39, 0.29) is 0 Å². The van der Waals surface area contributed by atoms with Crippen molar-refractivity contribution >= 4 is 5.82 Å². The molecule has 20 heavy (non-hydrogen) atoms. The highest BCUT2D eigenvalue weighted by atomic mass is 15.1. The zero-order valence-corrected chi connectivity index (χ0v) is 13.3. The van der Waals surface area contributed by atoms with E-state index in [2.05, 4.69) is 43.1 Å². The van der Waals surface area contributed by atoms with E-state index in [0.29, 0.717) is 6.04 Å². The van der Waals surface area contributed by atoms with E-state index in [1.807, 2.05) is 0 Å². The van der Waals surface area contributed by atoms with E-state index in [4.69, 9.17) is 4.98 Å². The van der Waals surface area contributed by atoms with Crippen LogP contribution in [-0.4, -0.2) is 35.6 Å². The number of nitrogens with zero attached hydrogens (tertiary/aromatic N) is 2. The van der Waals surface area contributed by atoms with Gasteiger partial charge in [-0.05, 0) is 70.3 Å². The van der Waals surface area contributed by atoms with Crippen molar-refractivity contribution in [2.75, 3.05) is 25.0 Å². The molecule has 0 bridgehead atoms. The Kier molecular flexibility index (Phi) is 5.84. The second-order valence-electron chi connectivity index (χ2n) is 5.87. The van der Waals surface area contributed by atoms with E-state index in [1.54, 1.807) is 0 Å². The van der Waals surface area contributed by atoms with E-state index >= 15 is 0 Å². The highest BCUT2D eigenvalue weighted by molar-refractivity contribution is 5.41. The summed E-state index contributed by atoms with van der Waals surface area (Å²) in [5.41, 5.74) is 2.76. The molecule has 1 aliphatic carbocycles. The van der Waals surface area contributed by atoms with Crippen molar-refractivity contribution < 1.29 is 0 Å². The molecular weight excluding hydrogens is 246 g/mol.